The fraction of sp³-hybridized carbons (Fsp3) is 0.600. The molecule has 0 aliphatic carbocycles. The number of aliphatic hydroxyl groups is 2. The van der Waals surface area contributed by atoms with E-state index < -0.39 is 58.0 Å². The molecule has 0 saturated carbocycles. The average molecular weight is 484 g/mol. The number of phosphoric ester groups is 1. The number of H-pyrrole nitrogens is 1. The molecule has 0 radical (unpaired) electrons. The number of aliphatic hydroxyl groups excluding tert-OH is 2. The third kappa shape index (κ3) is 9.30. The number of aryl methyl sites for hydroxylation is 1. The Bertz CT molecular complexity index is 887. The number of nitrogens with one attached hydrogen (secondary N) is 1. The van der Waals surface area contributed by atoms with Gasteiger partial charge < -0.3 is 38.7 Å². The Hall–Kier alpha value is 1.82. The van der Waals surface area contributed by atoms with E-state index in [0.29, 0.717) is 0 Å². The van der Waals surface area contributed by atoms with E-state index in [-0.39, 0.29) is 94.2 Å². The van der Waals surface area contributed by atoms with Crippen LogP contribution in [0.4, 0.5) is 0 Å². The molecule has 0 bridgehead atoms. The van der Waals surface area contributed by atoms with E-state index in [0.717, 1.165) is 10.8 Å². The molecule has 148 valence electrons. The van der Waals surface area contributed by atoms with Gasteiger partial charge in [0.1, 0.15) is 18.3 Å². The summed E-state index contributed by atoms with van der Waals surface area (Å²) in [7, 11) is -11.4. The zero-order valence-corrected chi connectivity index (χ0v) is 23.7. The van der Waals surface area contributed by atoms with Crippen molar-refractivity contribution in [3.05, 3.63) is 32.6 Å². The molecule has 1 saturated heterocycles. The summed E-state index contributed by atoms with van der Waals surface area (Å²) in [4.78, 5) is 56.9. The van der Waals surface area contributed by atoms with Crippen molar-refractivity contribution in [1.29, 1.82) is 0 Å². The van der Waals surface area contributed by atoms with Crippen molar-refractivity contribution in [3.63, 3.8) is 0 Å². The summed E-state index contributed by atoms with van der Waals surface area (Å²) < 4.78 is 34.8. The van der Waals surface area contributed by atoms with Crippen LogP contribution in [0.15, 0.2) is 15.8 Å². The van der Waals surface area contributed by atoms with Crippen LogP contribution in [0.1, 0.15) is 11.8 Å². The molecule has 1 aliphatic rings. The summed E-state index contributed by atoms with van der Waals surface area (Å²) in [6, 6.07) is 0. The van der Waals surface area contributed by atoms with Crippen molar-refractivity contribution in [2.75, 3.05) is 6.61 Å². The number of aromatic amines is 1. The van der Waals surface area contributed by atoms with Gasteiger partial charge in [-0.25, -0.2) is 4.79 Å². The molecule has 1 aromatic rings. The maximum Gasteiger partial charge on any atom is 1.00 e. The van der Waals surface area contributed by atoms with Crippen LogP contribution in [0.2, 0.25) is 0 Å². The van der Waals surface area contributed by atoms with E-state index in [1.807, 2.05) is 4.98 Å². The van der Waals surface area contributed by atoms with E-state index in [1.165, 1.54) is 6.92 Å². The van der Waals surface area contributed by atoms with Crippen molar-refractivity contribution < 1.29 is 136 Å². The van der Waals surface area contributed by atoms with Crippen molar-refractivity contribution in [3.8, 4) is 0 Å². The van der Waals surface area contributed by atoms with Gasteiger partial charge in [-0.2, -0.15) is 0 Å². The first-order chi connectivity index (χ1) is 11.8. The molecule has 3 N–H and O–H groups in total. The second-order valence-electron chi connectivity index (χ2n) is 5.30. The molecule has 1 aliphatic heterocycles. The quantitative estimate of drug-likeness (QED) is 0.253. The number of aromatic nitrogens is 2. The molecule has 0 amide bonds. The second kappa shape index (κ2) is 12.9. The number of phosphoric acid groups is 2. The molecule has 0 spiro atoms. The topological polar surface area (TPSA) is 226 Å². The zero-order chi connectivity index (χ0) is 19.9. The number of hydrogen-bond donors (Lipinski definition) is 3. The standard InChI is InChI=1S/C10H16N2O12P2.3Na/c1-4-2-12(10(16)11-8(4)15)9-7(14)6(13)5(23-9)3-22-26(20,21)24-25(17,18)19;;;/h2,5-7,9,13-14H,3H2,1H3,(H,20,21)(H,11,15,16)(H2,17,18,19);;;/q;3*+1/p-3/t5-,6-,7-,9-;;;/m1.../s1. The van der Waals surface area contributed by atoms with E-state index in [2.05, 4.69) is 8.83 Å². The molecule has 19 heteroatoms. The van der Waals surface area contributed by atoms with Gasteiger partial charge in [-0.3, -0.25) is 23.2 Å². The van der Waals surface area contributed by atoms with Crippen LogP contribution in [0.25, 0.3) is 0 Å². The van der Waals surface area contributed by atoms with Crippen molar-refractivity contribution >= 4 is 15.6 Å². The SMILES string of the molecule is Cc1cn([C@@H]2O[C@H](COP(=O)([O-])OP(=O)([O-])[O-])[C@@H](O)[C@H]2O)c(=O)[nH]c1=O.[Na+].[Na+].[Na+]. The van der Waals surface area contributed by atoms with Crippen molar-refractivity contribution in [1.82, 2.24) is 9.55 Å². The Morgan fingerprint density at radius 1 is 1.17 bits per heavy atom. The van der Waals surface area contributed by atoms with Crippen LogP contribution < -0.4 is 115 Å². The molecular weight excluding hydrogens is 471 g/mol. The molecule has 5 atom stereocenters. The minimum atomic E-state index is -5.89. The van der Waals surface area contributed by atoms with Gasteiger partial charge in [-0.1, -0.05) is 0 Å². The predicted octanol–water partition coefficient (Wildman–Crippen LogP) is -13.2. The largest absolute Gasteiger partial charge is 1.00 e. The van der Waals surface area contributed by atoms with Crippen LogP contribution in [0, 0.1) is 6.92 Å². The van der Waals surface area contributed by atoms with Gasteiger partial charge in [-0.15, -0.1) is 0 Å². The van der Waals surface area contributed by atoms with Gasteiger partial charge in [0.05, 0.1) is 14.4 Å². The molecule has 1 unspecified atom stereocenters. The Balaban J connectivity index is 0. The number of ether oxygens (including phenoxy) is 1. The maximum absolute atomic E-state index is 11.8. The summed E-state index contributed by atoms with van der Waals surface area (Å²) in [6.45, 7) is 0.342. The van der Waals surface area contributed by atoms with Gasteiger partial charge in [0.15, 0.2) is 6.23 Å². The van der Waals surface area contributed by atoms with Crippen LogP contribution >= 0.6 is 15.6 Å². The molecule has 0 aromatic carbocycles. The van der Waals surface area contributed by atoms with Gasteiger partial charge in [0.2, 0.25) is 0 Å². The molecule has 14 nitrogen and oxygen atoms in total. The normalized spacial score (nSPS) is 25.9. The number of nitrogens with zero attached hydrogens (tertiary/aromatic N) is 1. The molecule has 1 fully saturated rings. The Kier molecular flexibility index (Phi) is 14.7. The second-order valence-corrected chi connectivity index (χ2v) is 8.00. The Labute approximate surface area is 229 Å². The summed E-state index contributed by atoms with van der Waals surface area (Å²) >= 11 is 0. The summed E-state index contributed by atoms with van der Waals surface area (Å²) in [6.07, 6.45) is -5.44. The van der Waals surface area contributed by atoms with Gasteiger partial charge in [0.25, 0.3) is 13.4 Å². The third-order valence-corrected chi connectivity index (χ3v) is 5.42. The Morgan fingerprint density at radius 3 is 2.24 bits per heavy atom. The summed E-state index contributed by atoms with van der Waals surface area (Å²) in [5, 5.41) is 19.9. The molecule has 1 aromatic heterocycles. The predicted molar refractivity (Wildman–Crippen MR) is 74.2 cm³/mol. The first-order valence-corrected chi connectivity index (χ1v) is 9.75. The molecule has 29 heavy (non-hydrogen) atoms. The first kappa shape index (κ1) is 33.0. The van der Waals surface area contributed by atoms with E-state index in [4.69, 9.17) is 4.74 Å². The molecular formula is C10H13N2Na3O12P2. The van der Waals surface area contributed by atoms with Gasteiger partial charge in [-0.05, 0) is 6.92 Å². The monoisotopic (exact) mass is 484 g/mol. The van der Waals surface area contributed by atoms with Crippen LogP contribution in [0.5, 0.6) is 0 Å². The Morgan fingerprint density at radius 2 is 1.72 bits per heavy atom. The molecule has 2 heterocycles. The summed E-state index contributed by atoms with van der Waals surface area (Å²) in [5.41, 5.74) is -1.55. The van der Waals surface area contributed by atoms with Crippen molar-refractivity contribution in [2.45, 2.75) is 31.5 Å². The van der Waals surface area contributed by atoms with Crippen molar-refractivity contribution in [2.24, 2.45) is 0 Å². The van der Waals surface area contributed by atoms with Gasteiger partial charge in [0, 0.05) is 11.8 Å². The smallest absolute Gasteiger partial charge is 0.790 e. The zero-order valence-electron chi connectivity index (χ0n) is 15.9. The summed E-state index contributed by atoms with van der Waals surface area (Å²) in [5.74, 6) is 0. The van der Waals surface area contributed by atoms with Crippen LogP contribution in [-0.2, 0) is 22.7 Å². The number of rotatable bonds is 6. The first-order valence-electron chi connectivity index (χ1n) is 6.83. The maximum atomic E-state index is 11.8. The minimum Gasteiger partial charge on any atom is -0.790 e. The molecule has 2 rings (SSSR count). The van der Waals surface area contributed by atoms with E-state index in [1.54, 1.807) is 0 Å². The van der Waals surface area contributed by atoms with E-state index in [9.17, 15) is 43.6 Å². The minimum absolute atomic E-state index is 0. The van der Waals surface area contributed by atoms with Gasteiger partial charge >= 0.3 is 94.4 Å². The van der Waals surface area contributed by atoms with E-state index >= 15 is 0 Å². The fourth-order valence-electron chi connectivity index (χ4n) is 2.18. The third-order valence-electron chi connectivity index (χ3n) is 3.35. The average Bonchev–Trinajstić information content (AvgIpc) is 2.75. The number of hydrogen-bond acceptors (Lipinski definition) is 12. The van der Waals surface area contributed by atoms with Crippen LogP contribution in [0.3, 0.4) is 0 Å². The fourth-order valence-corrected chi connectivity index (χ4v) is 3.68. The van der Waals surface area contributed by atoms with Crippen LogP contribution in [-0.4, -0.2) is 44.7 Å².